The highest BCUT2D eigenvalue weighted by molar-refractivity contribution is 5.76. The fraction of sp³-hybridized carbons (Fsp3) is 0.873. The van der Waals surface area contributed by atoms with Gasteiger partial charge in [-0.3, -0.25) is 4.79 Å². The summed E-state index contributed by atoms with van der Waals surface area (Å²) >= 11 is 0. The van der Waals surface area contributed by atoms with Crippen LogP contribution in [0.15, 0.2) is 36.5 Å². The summed E-state index contributed by atoms with van der Waals surface area (Å²) in [6, 6.07) is -0.643. The van der Waals surface area contributed by atoms with Crippen LogP contribution in [0, 0.1) is 0 Å². The molecule has 0 aromatic rings. The zero-order valence-corrected chi connectivity index (χ0v) is 40.0. The minimum atomic E-state index is -0.865. The van der Waals surface area contributed by atoms with Gasteiger partial charge in [-0.1, -0.05) is 262 Å². The molecule has 0 aliphatic rings. The van der Waals surface area contributed by atoms with Crippen LogP contribution < -0.4 is 5.32 Å². The van der Waals surface area contributed by atoms with Gasteiger partial charge in [0, 0.05) is 6.42 Å². The minimum absolute atomic E-state index is 0.0800. The van der Waals surface area contributed by atoms with Crippen LogP contribution in [0.1, 0.15) is 290 Å². The summed E-state index contributed by atoms with van der Waals surface area (Å²) in [5.41, 5.74) is 0. The molecule has 4 heteroatoms. The standard InChI is InChI=1S/C55H105NO3/c1-3-5-7-9-11-13-15-17-19-21-22-23-24-25-26-27-28-29-30-31-32-33-34-35-36-38-40-42-44-46-48-50-54(58)53(52-57)56-55(59)51-49-47-45-43-41-39-37-20-18-16-14-12-10-8-6-4-2/h20,37,40,42,48,50,53-54,57-58H,3-19,21-36,38-39,41,43-47,49,51-52H2,1-2H3,(H,56,59)/b37-20-,42-40+,50-48+. The van der Waals surface area contributed by atoms with Gasteiger partial charge >= 0.3 is 0 Å². The highest BCUT2D eigenvalue weighted by atomic mass is 16.3. The Morgan fingerprint density at radius 1 is 0.390 bits per heavy atom. The molecule has 1 amide bonds. The van der Waals surface area contributed by atoms with E-state index < -0.39 is 12.1 Å². The summed E-state index contributed by atoms with van der Waals surface area (Å²) in [7, 11) is 0. The number of amides is 1. The molecular formula is C55H105NO3. The first-order chi connectivity index (χ1) is 29.2. The van der Waals surface area contributed by atoms with E-state index in [0.29, 0.717) is 6.42 Å². The number of hydrogen-bond acceptors (Lipinski definition) is 3. The van der Waals surface area contributed by atoms with E-state index in [9.17, 15) is 15.0 Å². The zero-order valence-electron chi connectivity index (χ0n) is 40.0. The summed E-state index contributed by atoms with van der Waals surface area (Å²) in [6.07, 6.45) is 68.8. The molecule has 0 aromatic carbocycles. The topological polar surface area (TPSA) is 69.6 Å². The Morgan fingerprint density at radius 3 is 0.983 bits per heavy atom. The molecular weight excluding hydrogens is 723 g/mol. The van der Waals surface area contributed by atoms with Gasteiger partial charge in [0.2, 0.25) is 5.91 Å². The van der Waals surface area contributed by atoms with Crippen LogP contribution in [-0.2, 0) is 4.79 Å². The normalized spacial score (nSPS) is 13.1. The molecule has 3 N–H and O–H groups in total. The molecule has 0 spiro atoms. The van der Waals surface area contributed by atoms with Gasteiger partial charge in [0.25, 0.3) is 0 Å². The molecule has 0 radical (unpaired) electrons. The predicted octanol–water partition coefficient (Wildman–Crippen LogP) is 17.3. The lowest BCUT2D eigenvalue weighted by molar-refractivity contribution is -0.123. The molecule has 0 saturated carbocycles. The first-order valence-electron chi connectivity index (χ1n) is 26.7. The lowest BCUT2D eigenvalue weighted by Gasteiger charge is -2.19. The van der Waals surface area contributed by atoms with Crippen molar-refractivity contribution in [3.8, 4) is 0 Å². The van der Waals surface area contributed by atoms with Gasteiger partial charge in [-0.2, -0.15) is 0 Å². The maximum atomic E-state index is 12.4. The maximum Gasteiger partial charge on any atom is 0.220 e. The van der Waals surface area contributed by atoms with Crippen molar-refractivity contribution in [2.75, 3.05) is 6.61 Å². The largest absolute Gasteiger partial charge is 0.394 e. The van der Waals surface area contributed by atoms with Crippen LogP contribution in [0.25, 0.3) is 0 Å². The van der Waals surface area contributed by atoms with Crippen LogP contribution in [0.2, 0.25) is 0 Å². The number of nitrogens with one attached hydrogen (secondary N) is 1. The fourth-order valence-corrected chi connectivity index (χ4v) is 8.25. The van der Waals surface area contributed by atoms with E-state index in [4.69, 9.17) is 0 Å². The monoisotopic (exact) mass is 828 g/mol. The zero-order chi connectivity index (χ0) is 42.8. The first kappa shape index (κ1) is 57.6. The summed E-state index contributed by atoms with van der Waals surface area (Å²) in [5.74, 6) is -0.0800. The van der Waals surface area contributed by atoms with Gasteiger partial charge in [0.1, 0.15) is 0 Å². The van der Waals surface area contributed by atoms with E-state index in [0.717, 1.165) is 44.9 Å². The van der Waals surface area contributed by atoms with Gasteiger partial charge in [-0.05, 0) is 57.8 Å². The number of allylic oxidation sites excluding steroid dienone is 5. The maximum absolute atomic E-state index is 12.4. The van der Waals surface area contributed by atoms with Gasteiger partial charge in [-0.15, -0.1) is 0 Å². The number of hydrogen-bond donors (Lipinski definition) is 3. The Morgan fingerprint density at radius 2 is 0.661 bits per heavy atom. The Kier molecular flexibility index (Phi) is 49.8. The molecule has 0 fully saturated rings. The number of unbranched alkanes of at least 4 members (excludes halogenated alkanes) is 38. The molecule has 59 heavy (non-hydrogen) atoms. The molecule has 348 valence electrons. The lowest BCUT2D eigenvalue weighted by atomic mass is 10.0. The van der Waals surface area contributed by atoms with Crippen LogP contribution in [0.4, 0.5) is 0 Å². The highest BCUT2D eigenvalue weighted by Gasteiger charge is 2.17. The van der Waals surface area contributed by atoms with E-state index >= 15 is 0 Å². The molecule has 0 bridgehead atoms. The van der Waals surface area contributed by atoms with Gasteiger partial charge in [0.05, 0.1) is 18.8 Å². The molecule has 0 rings (SSSR count). The molecule has 0 aliphatic carbocycles. The number of aliphatic hydroxyl groups is 2. The van der Waals surface area contributed by atoms with E-state index in [1.165, 1.54) is 225 Å². The van der Waals surface area contributed by atoms with E-state index in [-0.39, 0.29) is 12.5 Å². The second kappa shape index (κ2) is 51.0. The minimum Gasteiger partial charge on any atom is -0.394 e. The van der Waals surface area contributed by atoms with Crippen LogP contribution >= 0.6 is 0 Å². The first-order valence-corrected chi connectivity index (χ1v) is 26.7. The molecule has 2 atom stereocenters. The Labute approximate surface area is 370 Å². The average molecular weight is 828 g/mol. The van der Waals surface area contributed by atoms with Crippen molar-refractivity contribution in [2.24, 2.45) is 0 Å². The Hall–Kier alpha value is -1.39. The third-order valence-electron chi connectivity index (χ3n) is 12.3. The molecule has 0 saturated heterocycles. The Bertz CT molecular complexity index is 897. The van der Waals surface area contributed by atoms with E-state index in [1.54, 1.807) is 6.08 Å². The third kappa shape index (κ3) is 47.5. The van der Waals surface area contributed by atoms with Crippen molar-refractivity contribution in [1.82, 2.24) is 5.32 Å². The van der Waals surface area contributed by atoms with Crippen LogP contribution in [-0.4, -0.2) is 34.9 Å². The molecule has 2 unspecified atom stereocenters. The van der Waals surface area contributed by atoms with Crippen molar-refractivity contribution in [3.63, 3.8) is 0 Å². The molecule has 0 aromatic heterocycles. The van der Waals surface area contributed by atoms with Crippen molar-refractivity contribution >= 4 is 5.91 Å². The lowest BCUT2D eigenvalue weighted by Crippen LogP contribution is -2.45. The summed E-state index contributed by atoms with van der Waals surface area (Å²) < 4.78 is 0. The van der Waals surface area contributed by atoms with Gasteiger partial charge in [0.15, 0.2) is 0 Å². The summed E-state index contributed by atoms with van der Waals surface area (Å²) in [6.45, 7) is 4.31. The predicted molar refractivity (Wildman–Crippen MR) is 262 cm³/mol. The smallest absolute Gasteiger partial charge is 0.220 e. The number of rotatable bonds is 49. The number of carbonyl (C=O) groups is 1. The molecule has 4 nitrogen and oxygen atoms in total. The summed E-state index contributed by atoms with van der Waals surface area (Å²) in [5, 5.41) is 23.1. The van der Waals surface area contributed by atoms with Crippen molar-refractivity contribution < 1.29 is 15.0 Å². The number of aliphatic hydroxyl groups excluding tert-OH is 2. The SMILES string of the molecule is CCCCCCCCC/C=C\CCCCCCCC(=O)NC(CO)C(O)/C=C/CC/C=C/CCCCCCCCCCCCCCCCCCCCCCCCCCC. The van der Waals surface area contributed by atoms with Crippen molar-refractivity contribution in [1.29, 1.82) is 0 Å². The van der Waals surface area contributed by atoms with Crippen molar-refractivity contribution in [2.45, 2.75) is 302 Å². The van der Waals surface area contributed by atoms with Gasteiger partial charge < -0.3 is 15.5 Å². The van der Waals surface area contributed by atoms with E-state index in [1.807, 2.05) is 6.08 Å². The third-order valence-corrected chi connectivity index (χ3v) is 12.3. The van der Waals surface area contributed by atoms with Gasteiger partial charge in [-0.25, -0.2) is 0 Å². The van der Waals surface area contributed by atoms with E-state index in [2.05, 4.69) is 43.5 Å². The van der Waals surface area contributed by atoms with Crippen LogP contribution in [0.3, 0.4) is 0 Å². The average Bonchev–Trinajstić information content (AvgIpc) is 3.24. The fourth-order valence-electron chi connectivity index (χ4n) is 8.25. The van der Waals surface area contributed by atoms with Crippen LogP contribution in [0.5, 0.6) is 0 Å². The second-order valence-electron chi connectivity index (χ2n) is 18.3. The molecule has 0 heterocycles. The quantitative estimate of drug-likeness (QED) is 0.0423. The second-order valence-corrected chi connectivity index (χ2v) is 18.3. The van der Waals surface area contributed by atoms with Crippen molar-refractivity contribution in [3.05, 3.63) is 36.5 Å². The Balaban J connectivity index is 3.50. The molecule has 0 aliphatic heterocycles. The number of carbonyl (C=O) groups excluding carboxylic acids is 1. The highest BCUT2D eigenvalue weighted by Crippen LogP contribution is 2.17. The summed E-state index contributed by atoms with van der Waals surface area (Å²) in [4.78, 5) is 12.4.